The summed E-state index contributed by atoms with van der Waals surface area (Å²) in [5.41, 5.74) is 3.85. The predicted octanol–water partition coefficient (Wildman–Crippen LogP) is 2.06. The maximum absolute atomic E-state index is 13.9. The number of methoxy groups -OCH3 is 2. The number of amides is 3. The van der Waals surface area contributed by atoms with E-state index in [-0.39, 0.29) is 41.8 Å². The third-order valence-electron chi connectivity index (χ3n) is 8.57. The molecule has 19 heteroatoms. The number of aromatic nitrogens is 2. The lowest BCUT2D eigenvalue weighted by Crippen LogP contribution is -2.59. The Balaban J connectivity index is 1.47. The number of nitrogens with two attached hydrogens (primary N) is 1. The van der Waals surface area contributed by atoms with Crippen molar-refractivity contribution in [2.45, 2.75) is 85.5 Å². The summed E-state index contributed by atoms with van der Waals surface area (Å²) in [5.74, 6) is -3.95. The number of sulfonamides is 1. The molecular weight excluding hydrogens is 776 g/mol. The number of hydrogen-bond acceptors (Lipinski definition) is 11. The minimum atomic E-state index is -4.94. The van der Waals surface area contributed by atoms with E-state index in [0.717, 1.165) is 0 Å². The summed E-state index contributed by atoms with van der Waals surface area (Å²) in [6.45, 7) is 4.93. The second-order valence-corrected chi connectivity index (χ2v) is 16.7. The number of halogens is 4. The van der Waals surface area contributed by atoms with Gasteiger partial charge in [-0.05, 0) is 30.7 Å². The van der Waals surface area contributed by atoms with Gasteiger partial charge in [-0.15, -0.1) is 0 Å². The molecule has 0 radical (unpaired) electrons. The van der Waals surface area contributed by atoms with Crippen LogP contribution in [0.15, 0.2) is 12.1 Å². The van der Waals surface area contributed by atoms with E-state index in [1.807, 2.05) is 22.6 Å². The highest BCUT2D eigenvalue weighted by Gasteiger charge is 2.62. The topological polar surface area (TPSA) is 192 Å². The van der Waals surface area contributed by atoms with Crippen LogP contribution in [-0.2, 0) is 30.6 Å². The van der Waals surface area contributed by atoms with Crippen molar-refractivity contribution in [3.05, 3.63) is 18.0 Å². The number of likely N-dealkylation sites (tertiary alicyclic amines) is 1. The summed E-state index contributed by atoms with van der Waals surface area (Å²) < 4.78 is 84.7. The van der Waals surface area contributed by atoms with E-state index in [2.05, 4.69) is 20.0 Å². The number of rotatable bonds is 10. The summed E-state index contributed by atoms with van der Waals surface area (Å²) in [4.78, 5) is 49.2. The fourth-order valence-electron chi connectivity index (χ4n) is 5.36. The van der Waals surface area contributed by atoms with Gasteiger partial charge < -0.3 is 30.2 Å². The minimum absolute atomic E-state index is 0.0519. The van der Waals surface area contributed by atoms with Crippen LogP contribution in [0, 0.1) is 5.41 Å². The Hall–Kier alpha value is -3.20. The second kappa shape index (κ2) is 12.6. The van der Waals surface area contributed by atoms with Crippen molar-refractivity contribution < 1.29 is 50.2 Å². The molecule has 2 aromatic rings. The quantitative estimate of drug-likeness (QED) is 0.235. The molecule has 48 heavy (non-hydrogen) atoms. The summed E-state index contributed by atoms with van der Waals surface area (Å²) in [5, 5.41) is 2.04. The van der Waals surface area contributed by atoms with Crippen molar-refractivity contribution in [3.63, 3.8) is 0 Å². The van der Waals surface area contributed by atoms with Gasteiger partial charge in [-0.3, -0.25) is 19.1 Å². The van der Waals surface area contributed by atoms with E-state index in [1.54, 1.807) is 20.8 Å². The number of alkyl halides is 4. The number of carbonyl (C=O) groups is 3. The number of nitrogens with zero attached hydrogens (tertiary/aromatic N) is 3. The third-order valence-corrected chi connectivity index (χ3v) is 11.9. The summed E-state index contributed by atoms with van der Waals surface area (Å²) in [7, 11) is -1.26. The molecule has 264 valence electrons. The van der Waals surface area contributed by atoms with Gasteiger partial charge in [0.05, 0.1) is 43.0 Å². The Bertz CT molecular complexity index is 1750. The first-order valence-electron chi connectivity index (χ1n) is 15.0. The molecule has 2 saturated carbocycles. The largest absolute Gasteiger partial charge is 0.493 e. The summed E-state index contributed by atoms with van der Waals surface area (Å²) >= 11 is 1.93. The standard InChI is InChI=1S/C29H36F3IN6O8S/c1-27(2,3)21(34)24(41)39-12-13(8-17(39)22(40)37-28(11-20(28)33)26(42)38-48(43,44)14-6-7-14)47-23-15-9-18(45-4)19(46-5)10-16(15)35-25(36-23)29(30,31)32/h9-10,13-14,17,20-21H,6-8,11-12,34H2,1-5H3,(H,37,40)(H,38,42)/t13-,17?,20-,21-,28-/m1/s1. The first-order valence-corrected chi connectivity index (χ1v) is 17.8. The maximum atomic E-state index is 13.9. The van der Waals surface area contributed by atoms with E-state index in [1.165, 1.54) is 31.3 Å². The van der Waals surface area contributed by atoms with Gasteiger partial charge in [-0.2, -0.15) is 18.2 Å². The Kier molecular flexibility index (Phi) is 9.47. The van der Waals surface area contributed by atoms with Crippen LogP contribution in [0.1, 0.15) is 52.3 Å². The first kappa shape index (κ1) is 36.1. The molecule has 4 N–H and O–H groups in total. The molecule has 1 aliphatic heterocycles. The number of carbonyl (C=O) groups excluding carboxylic acids is 3. The second-order valence-electron chi connectivity index (χ2n) is 13.2. The highest BCUT2D eigenvalue weighted by Crippen LogP contribution is 2.45. The van der Waals surface area contributed by atoms with E-state index >= 15 is 0 Å². The smallest absolute Gasteiger partial charge is 0.451 e. The highest BCUT2D eigenvalue weighted by atomic mass is 127. The number of benzene rings is 1. The van der Waals surface area contributed by atoms with Crippen LogP contribution in [0.5, 0.6) is 17.4 Å². The number of nitrogens with one attached hydrogen (secondary N) is 2. The first-order chi connectivity index (χ1) is 22.2. The predicted molar refractivity (Wildman–Crippen MR) is 173 cm³/mol. The SMILES string of the molecule is COc1cc2nc(C(F)(F)F)nc(O[C@@H]3CC(C(=O)N[C@]4(C(=O)NS(=O)(=O)C5CC5)C[C@H]4I)N(C(=O)[C@@H](N)C(C)(C)C)C3)c2cc1OC. The van der Waals surface area contributed by atoms with Crippen LogP contribution in [0.2, 0.25) is 0 Å². The lowest BCUT2D eigenvalue weighted by atomic mass is 9.86. The molecule has 3 aliphatic rings. The molecule has 3 fully saturated rings. The molecule has 2 aliphatic carbocycles. The minimum Gasteiger partial charge on any atom is -0.493 e. The van der Waals surface area contributed by atoms with E-state index < -0.39 is 83.9 Å². The van der Waals surface area contributed by atoms with Crippen LogP contribution < -0.4 is 30.0 Å². The van der Waals surface area contributed by atoms with E-state index in [0.29, 0.717) is 12.8 Å². The highest BCUT2D eigenvalue weighted by molar-refractivity contribution is 14.1. The van der Waals surface area contributed by atoms with Crippen LogP contribution in [0.25, 0.3) is 10.9 Å². The number of hydrogen-bond donors (Lipinski definition) is 3. The normalized spacial score (nSPS) is 25.0. The summed E-state index contributed by atoms with van der Waals surface area (Å²) in [6.07, 6.45) is -5.21. The molecule has 5 rings (SSSR count). The molecule has 0 bridgehead atoms. The zero-order chi connectivity index (χ0) is 35.6. The van der Waals surface area contributed by atoms with Gasteiger partial charge in [0.15, 0.2) is 11.5 Å². The number of fused-ring (bicyclic) bond motifs is 1. The molecular formula is C29H36F3IN6O8S. The molecule has 14 nitrogen and oxygen atoms in total. The average Bonchev–Trinajstić information content (AvgIpc) is 3.92. The van der Waals surface area contributed by atoms with Gasteiger partial charge in [-0.25, -0.2) is 13.4 Å². The molecule has 0 spiro atoms. The Morgan fingerprint density at radius 1 is 1.10 bits per heavy atom. The maximum Gasteiger partial charge on any atom is 0.451 e. The lowest BCUT2D eigenvalue weighted by Gasteiger charge is -2.33. The lowest BCUT2D eigenvalue weighted by molar-refractivity contribution is -0.145. The zero-order valence-electron chi connectivity index (χ0n) is 26.7. The van der Waals surface area contributed by atoms with Crippen molar-refractivity contribution in [1.29, 1.82) is 0 Å². The van der Waals surface area contributed by atoms with Crippen LogP contribution >= 0.6 is 22.6 Å². The third kappa shape index (κ3) is 7.08. The Morgan fingerprint density at radius 2 is 1.71 bits per heavy atom. The zero-order valence-corrected chi connectivity index (χ0v) is 29.7. The average molecular weight is 813 g/mol. The molecule has 1 aromatic carbocycles. The molecule has 1 saturated heterocycles. The van der Waals surface area contributed by atoms with E-state index in [9.17, 15) is 36.0 Å². The molecule has 2 heterocycles. The van der Waals surface area contributed by atoms with Crippen LogP contribution in [0.4, 0.5) is 13.2 Å². The molecule has 3 amide bonds. The van der Waals surface area contributed by atoms with E-state index in [4.69, 9.17) is 19.9 Å². The molecule has 5 atom stereocenters. The van der Waals surface area contributed by atoms with Gasteiger partial charge >= 0.3 is 6.18 Å². The van der Waals surface area contributed by atoms with Crippen LogP contribution in [0.3, 0.4) is 0 Å². The van der Waals surface area contributed by atoms with Crippen molar-refractivity contribution in [3.8, 4) is 17.4 Å². The molecule has 1 aromatic heterocycles. The van der Waals surface area contributed by atoms with Crippen LogP contribution in [-0.4, -0.2) is 94.7 Å². The Labute approximate surface area is 288 Å². The van der Waals surface area contributed by atoms with Crippen molar-refractivity contribution in [2.24, 2.45) is 11.1 Å². The Morgan fingerprint density at radius 3 is 2.23 bits per heavy atom. The monoisotopic (exact) mass is 812 g/mol. The van der Waals surface area contributed by atoms with Crippen molar-refractivity contribution >= 4 is 61.2 Å². The van der Waals surface area contributed by atoms with Gasteiger partial charge in [-0.1, -0.05) is 43.4 Å². The van der Waals surface area contributed by atoms with Gasteiger partial charge in [0, 0.05) is 16.4 Å². The van der Waals surface area contributed by atoms with Gasteiger partial charge in [0.25, 0.3) is 5.91 Å². The van der Waals surface area contributed by atoms with Crippen molar-refractivity contribution in [2.75, 3.05) is 20.8 Å². The van der Waals surface area contributed by atoms with Gasteiger partial charge in [0.1, 0.15) is 17.7 Å². The number of ether oxygens (including phenoxy) is 3. The molecule has 1 unspecified atom stereocenters. The fraction of sp³-hybridized carbons (Fsp3) is 0.621. The van der Waals surface area contributed by atoms with Crippen molar-refractivity contribution in [1.82, 2.24) is 24.9 Å². The fourth-order valence-corrected chi connectivity index (χ4v) is 7.85. The van der Waals surface area contributed by atoms with Gasteiger partial charge in [0.2, 0.25) is 33.5 Å². The summed E-state index contributed by atoms with van der Waals surface area (Å²) in [6, 6.07) is 0.242.